The highest BCUT2D eigenvalue weighted by atomic mass is 79.9. The van der Waals surface area contributed by atoms with Crippen LogP contribution in [0.2, 0.25) is 10.0 Å². The van der Waals surface area contributed by atoms with Crippen LogP contribution < -0.4 is 19.9 Å². The number of nitrogens with zero attached hydrogens (tertiary/aromatic N) is 2. The van der Waals surface area contributed by atoms with Crippen LogP contribution in [0, 0.1) is 0 Å². The number of rotatable bonds is 7. The van der Waals surface area contributed by atoms with E-state index in [0.717, 1.165) is 47.5 Å². The Balaban J connectivity index is 1.16. The van der Waals surface area contributed by atoms with E-state index in [0.29, 0.717) is 31.5 Å². The van der Waals surface area contributed by atoms with E-state index in [1.54, 1.807) is 36.4 Å². The molecule has 5 aromatic carbocycles. The number of benzene rings is 5. The molecule has 3 heterocycles. The van der Waals surface area contributed by atoms with Crippen molar-refractivity contribution < 1.29 is 19.1 Å². The first-order valence-electron chi connectivity index (χ1n) is 17.1. The summed E-state index contributed by atoms with van der Waals surface area (Å²) in [6, 6.07) is 34.3. The maximum atomic E-state index is 14.3. The molecule has 0 saturated carbocycles. The lowest BCUT2D eigenvalue weighted by Gasteiger charge is -2.44. The standard InChI is InChI=1S/C42H32BrCl2N3O4/c43-36-20-25(11-14-38(36)52-24-28-12-13-29(44)21-37(28)45)19-35-40(49)46-42(51)48(41(35)50)30-22-33-31(26-7-3-1-4-8-26)15-17-47-18-16-32(34(23-30)39(33)47)27-9-5-2-6-10-27/h1-14,19-23,31-32H,15-18,24H2,(H,46,49,51)/b35-19+/t31-,32-/m0/s1. The smallest absolute Gasteiger partial charge is 0.335 e. The van der Waals surface area contributed by atoms with Crippen molar-refractivity contribution in [3.05, 3.63) is 163 Å². The van der Waals surface area contributed by atoms with E-state index in [1.165, 1.54) is 22.9 Å². The molecule has 0 bridgehead atoms. The highest BCUT2D eigenvalue weighted by Gasteiger charge is 2.40. The first-order chi connectivity index (χ1) is 25.2. The van der Waals surface area contributed by atoms with Gasteiger partial charge in [-0.25, -0.2) is 9.69 Å². The average Bonchev–Trinajstić information content (AvgIpc) is 3.14. The lowest BCUT2D eigenvalue weighted by molar-refractivity contribution is -0.122. The van der Waals surface area contributed by atoms with Crippen molar-refractivity contribution >= 4 is 74.4 Å². The zero-order valence-corrected chi connectivity index (χ0v) is 30.9. The lowest BCUT2D eigenvalue weighted by Crippen LogP contribution is -2.54. The minimum Gasteiger partial charge on any atom is -0.488 e. The second-order valence-corrected chi connectivity index (χ2v) is 14.8. The fourth-order valence-electron chi connectivity index (χ4n) is 7.55. The summed E-state index contributed by atoms with van der Waals surface area (Å²) in [6.45, 7) is 2.04. The molecular weight excluding hydrogens is 761 g/mol. The number of barbiturate groups is 1. The molecule has 1 saturated heterocycles. The molecule has 0 aliphatic carbocycles. The van der Waals surface area contributed by atoms with Crippen LogP contribution in [-0.2, 0) is 16.2 Å². The summed E-state index contributed by atoms with van der Waals surface area (Å²) < 4.78 is 6.59. The van der Waals surface area contributed by atoms with Crippen LogP contribution in [0.4, 0.5) is 16.2 Å². The number of anilines is 2. The Labute approximate surface area is 319 Å². The second-order valence-electron chi connectivity index (χ2n) is 13.1. The third kappa shape index (κ3) is 6.51. The van der Waals surface area contributed by atoms with Crippen molar-refractivity contribution in [3.8, 4) is 5.75 Å². The van der Waals surface area contributed by atoms with E-state index in [4.69, 9.17) is 27.9 Å². The first kappa shape index (κ1) is 34.2. The van der Waals surface area contributed by atoms with Crippen molar-refractivity contribution in [3.63, 3.8) is 0 Å². The van der Waals surface area contributed by atoms with Gasteiger partial charge in [0.25, 0.3) is 11.8 Å². The van der Waals surface area contributed by atoms with Crippen molar-refractivity contribution in [1.29, 1.82) is 0 Å². The summed E-state index contributed by atoms with van der Waals surface area (Å²) in [5.41, 5.74) is 7.32. The number of ether oxygens (including phenoxy) is 1. The van der Waals surface area contributed by atoms with Gasteiger partial charge in [0.15, 0.2) is 0 Å². The molecule has 0 aromatic heterocycles. The largest absolute Gasteiger partial charge is 0.488 e. The molecule has 260 valence electrons. The topological polar surface area (TPSA) is 79.0 Å². The minimum atomic E-state index is -0.777. The Bertz CT molecular complexity index is 2190. The molecule has 7 nitrogen and oxygen atoms in total. The number of carbonyl (C=O) groups excluding carboxylic acids is 3. The van der Waals surface area contributed by atoms with Crippen LogP contribution in [0.3, 0.4) is 0 Å². The molecule has 10 heteroatoms. The van der Waals surface area contributed by atoms with Crippen molar-refractivity contribution in [2.75, 3.05) is 22.9 Å². The number of amides is 4. The molecule has 3 aliphatic rings. The molecule has 4 amide bonds. The maximum Gasteiger partial charge on any atom is 0.335 e. The monoisotopic (exact) mass is 791 g/mol. The quantitative estimate of drug-likeness (QED) is 0.131. The third-order valence-corrected chi connectivity index (χ3v) is 11.2. The molecule has 1 fully saturated rings. The highest BCUT2D eigenvalue weighted by molar-refractivity contribution is 9.10. The SMILES string of the molecule is O=C1NC(=O)N(c2cc3c4c(c2)[C@H](c2ccccc2)CCN4CC[C@H]3c2ccccc2)C(=O)/C1=C/c1ccc(OCc2ccc(Cl)cc2Cl)c(Br)c1. The van der Waals surface area contributed by atoms with Crippen LogP contribution in [0.25, 0.3) is 6.08 Å². The van der Waals surface area contributed by atoms with Gasteiger partial charge in [-0.2, -0.15) is 0 Å². The highest BCUT2D eigenvalue weighted by Crippen LogP contribution is 2.50. The number of halogens is 3. The summed E-state index contributed by atoms with van der Waals surface area (Å²) in [6.07, 6.45) is 3.30. The van der Waals surface area contributed by atoms with Crippen LogP contribution in [0.5, 0.6) is 5.75 Å². The van der Waals surface area contributed by atoms with Gasteiger partial charge in [-0.1, -0.05) is 96.0 Å². The number of hydrogen-bond acceptors (Lipinski definition) is 5. The van der Waals surface area contributed by atoms with Gasteiger partial charge < -0.3 is 9.64 Å². The molecule has 2 atom stereocenters. The van der Waals surface area contributed by atoms with E-state index in [1.807, 2.05) is 48.5 Å². The summed E-state index contributed by atoms with van der Waals surface area (Å²) in [5, 5.41) is 3.45. The lowest BCUT2D eigenvalue weighted by atomic mass is 9.76. The number of nitrogens with one attached hydrogen (secondary N) is 1. The summed E-state index contributed by atoms with van der Waals surface area (Å²) >= 11 is 15.9. The predicted octanol–water partition coefficient (Wildman–Crippen LogP) is 9.88. The molecule has 5 aromatic rings. The van der Waals surface area contributed by atoms with Gasteiger partial charge in [-0.15, -0.1) is 0 Å². The Kier molecular flexibility index (Phi) is 9.38. The molecule has 3 aliphatic heterocycles. The molecular formula is C42H32BrCl2N3O4. The van der Waals surface area contributed by atoms with E-state index in [2.05, 4.69) is 50.4 Å². The van der Waals surface area contributed by atoms with Gasteiger partial charge in [0, 0.05) is 46.2 Å². The first-order valence-corrected chi connectivity index (χ1v) is 18.6. The van der Waals surface area contributed by atoms with E-state index >= 15 is 0 Å². The normalized spacial score (nSPS) is 19.1. The second kappa shape index (κ2) is 14.3. The molecule has 1 N–H and O–H groups in total. The van der Waals surface area contributed by atoms with Crippen LogP contribution in [-0.4, -0.2) is 30.9 Å². The molecule has 52 heavy (non-hydrogen) atoms. The van der Waals surface area contributed by atoms with E-state index < -0.39 is 17.8 Å². The Hall–Kier alpha value is -4.89. The fraction of sp³-hybridized carbons (Fsp3) is 0.167. The number of imide groups is 2. The Morgan fingerprint density at radius 1 is 0.788 bits per heavy atom. The maximum absolute atomic E-state index is 14.3. The number of hydrogen-bond donors (Lipinski definition) is 1. The molecule has 8 rings (SSSR count). The average molecular weight is 794 g/mol. The van der Waals surface area contributed by atoms with Gasteiger partial charge in [0.05, 0.1) is 10.2 Å². The minimum absolute atomic E-state index is 0.0778. The van der Waals surface area contributed by atoms with Gasteiger partial charge in [0.1, 0.15) is 17.9 Å². The third-order valence-electron chi connectivity index (χ3n) is 10.0. The van der Waals surface area contributed by atoms with Crippen molar-refractivity contribution in [1.82, 2.24) is 5.32 Å². The van der Waals surface area contributed by atoms with E-state index in [-0.39, 0.29) is 24.0 Å². The summed E-state index contributed by atoms with van der Waals surface area (Å²) in [4.78, 5) is 44.6. The molecule has 0 unspecified atom stereocenters. The predicted molar refractivity (Wildman–Crippen MR) is 208 cm³/mol. The molecule has 0 radical (unpaired) electrons. The van der Waals surface area contributed by atoms with Crippen LogP contribution >= 0.6 is 39.1 Å². The molecule has 0 spiro atoms. The van der Waals surface area contributed by atoms with Crippen molar-refractivity contribution in [2.45, 2.75) is 31.3 Å². The summed E-state index contributed by atoms with van der Waals surface area (Å²) in [7, 11) is 0. The van der Waals surface area contributed by atoms with Crippen LogP contribution in [0.15, 0.2) is 119 Å². The van der Waals surface area contributed by atoms with Gasteiger partial charge in [0.2, 0.25) is 0 Å². The van der Waals surface area contributed by atoms with Crippen LogP contribution in [0.1, 0.15) is 58.1 Å². The number of urea groups is 1. The zero-order chi connectivity index (χ0) is 35.9. The number of carbonyl (C=O) groups is 3. The fourth-order valence-corrected chi connectivity index (χ4v) is 8.52. The Morgan fingerprint density at radius 2 is 1.42 bits per heavy atom. The Morgan fingerprint density at radius 3 is 2.02 bits per heavy atom. The van der Waals surface area contributed by atoms with Crippen molar-refractivity contribution in [2.24, 2.45) is 0 Å². The zero-order valence-electron chi connectivity index (χ0n) is 27.8. The van der Waals surface area contributed by atoms with Gasteiger partial charge in [-0.05, 0) is 99.1 Å². The van der Waals surface area contributed by atoms with Gasteiger partial charge >= 0.3 is 6.03 Å². The van der Waals surface area contributed by atoms with E-state index in [9.17, 15) is 14.4 Å². The summed E-state index contributed by atoms with van der Waals surface area (Å²) in [5.74, 6) is -0.744. The van der Waals surface area contributed by atoms with Gasteiger partial charge in [-0.3, -0.25) is 14.9 Å².